The number of benzene rings is 1. The number of carbonyl (C=O) groups excluding carboxylic acids is 1. The molecule has 3 heterocycles. The molecule has 2 aliphatic heterocycles. The molecular formula is C23H32N4O3S2. The fourth-order valence-corrected chi connectivity index (χ4v) is 7.17. The highest BCUT2D eigenvalue weighted by Crippen LogP contribution is 2.27. The van der Waals surface area contributed by atoms with E-state index in [1.165, 1.54) is 21.2 Å². The van der Waals surface area contributed by atoms with Gasteiger partial charge < -0.3 is 10.2 Å². The van der Waals surface area contributed by atoms with Gasteiger partial charge in [-0.1, -0.05) is 30.3 Å². The van der Waals surface area contributed by atoms with Crippen LogP contribution in [0, 0.1) is 0 Å². The second-order valence-corrected chi connectivity index (χ2v) is 11.3. The monoisotopic (exact) mass is 476 g/mol. The first-order valence-corrected chi connectivity index (χ1v) is 13.7. The van der Waals surface area contributed by atoms with Crippen LogP contribution in [0.2, 0.25) is 0 Å². The molecule has 7 nitrogen and oxygen atoms in total. The maximum Gasteiger partial charge on any atom is 0.262 e. The Bertz CT molecular complexity index is 980. The number of hydrogen-bond acceptors (Lipinski definition) is 6. The Hall–Kier alpha value is -1.78. The number of nitrogens with zero attached hydrogens (tertiary/aromatic N) is 3. The Labute approximate surface area is 195 Å². The van der Waals surface area contributed by atoms with Crippen LogP contribution in [0.15, 0.2) is 46.7 Å². The number of amides is 1. The van der Waals surface area contributed by atoms with E-state index in [2.05, 4.69) is 39.4 Å². The van der Waals surface area contributed by atoms with Gasteiger partial charge >= 0.3 is 0 Å². The van der Waals surface area contributed by atoms with Crippen LogP contribution < -0.4 is 5.32 Å². The Balaban J connectivity index is 1.19. The summed E-state index contributed by atoms with van der Waals surface area (Å²) in [5, 5.41) is 4.61. The summed E-state index contributed by atoms with van der Waals surface area (Å²) in [6.45, 7) is 7.72. The van der Waals surface area contributed by atoms with Crippen molar-refractivity contribution in [2.24, 2.45) is 0 Å². The van der Waals surface area contributed by atoms with E-state index < -0.39 is 10.0 Å². The molecule has 0 saturated carbocycles. The summed E-state index contributed by atoms with van der Waals surface area (Å²) in [6.07, 6.45) is 2.61. The van der Waals surface area contributed by atoms with Gasteiger partial charge in [-0.3, -0.25) is 9.69 Å². The number of carbonyl (C=O) groups is 1. The molecule has 2 saturated heterocycles. The molecule has 2 fully saturated rings. The van der Waals surface area contributed by atoms with Crippen LogP contribution in [0.1, 0.15) is 34.5 Å². The number of thiophene rings is 1. The summed E-state index contributed by atoms with van der Waals surface area (Å²) in [4.78, 5) is 18.0. The average molecular weight is 477 g/mol. The highest BCUT2D eigenvalue weighted by Gasteiger charge is 2.31. The highest BCUT2D eigenvalue weighted by molar-refractivity contribution is 7.89. The standard InChI is InChI=1S/C23H32N4O3S2/c28-23(22-21(9-18-31-22)32(29,30)27-12-4-5-13-27)24-10-6-11-25-14-16-26(17-15-25)19-20-7-2-1-3-8-20/h1-3,7-9,18H,4-6,10-17,19H2,(H,24,28). The normalized spacial score (nSPS) is 18.8. The lowest BCUT2D eigenvalue weighted by atomic mass is 10.2. The van der Waals surface area contributed by atoms with Gasteiger partial charge in [-0.2, -0.15) is 4.31 Å². The van der Waals surface area contributed by atoms with Crippen molar-refractivity contribution in [1.82, 2.24) is 19.4 Å². The summed E-state index contributed by atoms with van der Waals surface area (Å²) in [7, 11) is -3.58. The quantitative estimate of drug-likeness (QED) is 0.563. The van der Waals surface area contributed by atoms with Crippen molar-refractivity contribution in [3.63, 3.8) is 0 Å². The van der Waals surface area contributed by atoms with Crippen LogP contribution in [0.25, 0.3) is 0 Å². The van der Waals surface area contributed by atoms with E-state index >= 15 is 0 Å². The molecule has 1 N–H and O–H groups in total. The van der Waals surface area contributed by atoms with Gasteiger partial charge in [0.1, 0.15) is 9.77 Å². The zero-order valence-corrected chi connectivity index (χ0v) is 20.0. The second-order valence-electron chi connectivity index (χ2n) is 8.44. The van der Waals surface area contributed by atoms with E-state index in [-0.39, 0.29) is 10.8 Å². The highest BCUT2D eigenvalue weighted by atomic mass is 32.2. The molecular weight excluding hydrogens is 444 g/mol. The van der Waals surface area contributed by atoms with Crippen molar-refractivity contribution >= 4 is 27.3 Å². The maximum atomic E-state index is 12.8. The van der Waals surface area contributed by atoms with Gasteiger partial charge in [0.25, 0.3) is 5.91 Å². The Kier molecular flexibility index (Phi) is 7.96. The van der Waals surface area contributed by atoms with E-state index in [0.29, 0.717) is 24.5 Å². The van der Waals surface area contributed by atoms with Crippen molar-refractivity contribution < 1.29 is 13.2 Å². The fourth-order valence-electron chi connectivity index (χ4n) is 4.33. The van der Waals surface area contributed by atoms with Gasteiger partial charge in [0, 0.05) is 52.4 Å². The molecule has 2 aromatic rings. The molecule has 1 aromatic carbocycles. The zero-order valence-electron chi connectivity index (χ0n) is 18.4. The van der Waals surface area contributed by atoms with Crippen LogP contribution in [0.3, 0.4) is 0 Å². The molecule has 9 heteroatoms. The van der Waals surface area contributed by atoms with Gasteiger partial charge in [0.05, 0.1) is 0 Å². The molecule has 4 rings (SSSR count). The van der Waals surface area contributed by atoms with Gasteiger partial charge in [0.15, 0.2) is 0 Å². The first-order chi connectivity index (χ1) is 15.5. The van der Waals surface area contributed by atoms with Gasteiger partial charge in [-0.05, 0) is 42.8 Å². The van der Waals surface area contributed by atoms with Crippen LogP contribution >= 0.6 is 11.3 Å². The van der Waals surface area contributed by atoms with E-state index in [1.807, 2.05) is 6.07 Å². The Morgan fingerprint density at radius 1 is 0.938 bits per heavy atom. The third kappa shape index (κ3) is 5.77. The summed E-state index contributed by atoms with van der Waals surface area (Å²) in [5.41, 5.74) is 1.35. The summed E-state index contributed by atoms with van der Waals surface area (Å²) in [5.74, 6) is -0.287. The number of rotatable bonds is 9. The predicted molar refractivity (Wildman–Crippen MR) is 127 cm³/mol. The molecule has 0 atom stereocenters. The molecule has 1 aromatic heterocycles. The molecule has 1 amide bonds. The fraction of sp³-hybridized carbons (Fsp3) is 0.522. The van der Waals surface area contributed by atoms with Gasteiger partial charge in [0.2, 0.25) is 10.0 Å². The summed E-state index contributed by atoms with van der Waals surface area (Å²) in [6, 6.07) is 12.1. The van der Waals surface area contributed by atoms with Gasteiger partial charge in [-0.15, -0.1) is 11.3 Å². The van der Waals surface area contributed by atoms with Crippen LogP contribution in [-0.4, -0.2) is 80.8 Å². The lowest BCUT2D eigenvalue weighted by molar-refractivity contribution is 0.0948. The number of sulfonamides is 1. The topological polar surface area (TPSA) is 73.0 Å². The van der Waals surface area contributed by atoms with Crippen molar-refractivity contribution in [2.45, 2.75) is 30.7 Å². The molecule has 0 radical (unpaired) electrons. The Morgan fingerprint density at radius 3 is 2.34 bits per heavy atom. The summed E-state index contributed by atoms with van der Waals surface area (Å²) < 4.78 is 27.2. The van der Waals surface area contributed by atoms with Crippen LogP contribution in [0.4, 0.5) is 0 Å². The predicted octanol–water partition coefficient (Wildman–Crippen LogP) is 2.47. The van der Waals surface area contributed by atoms with E-state index in [4.69, 9.17) is 0 Å². The summed E-state index contributed by atoms with van der Waals surface area (Å²) >= 11 is 1.20. The zero-order chi connectivity index (χ0) is 22.4. The van der Waals surface area contributed by atoms with Crippen LogP contribution in [0.5, 0.6) is 0 Å². The van der Waals surface area contributed by atoms with E-state index in [9.17, 15) is 13.2 Å². The lowest BCUT2D eigenvalue weighted by Crippen LogP contribution is -2.46. The van der Waals surface area contributed by atoms with Crippen LogP contribution in [-0.2, 0) is 16.6 Å². The molecule has 2 aliphatic rings. The second kappa shape index (κ2) is 10.9. The van der Waals surface area contributed by atoms with E-state index in [1.54, 1.807) is 11.4 Å². The SMILES string of the molecule is O=C(NCCCN1CCN(Cc2ccccc2)CC1)c1sccc1S(=O)(=O)N1CCCC1. The average Bonchev–Trinajstić information content (AvgIpc) is 3.51. The third-order valence-corrected chi connectivity index (χ3v) is 9.15. The van der Waals surface area contributed by atoms with E-state index in [0.717, 1.165) is 58.5 Å². The maximum absolute atomic E-state index is 12.8. The number of piperazine rings is 1. The third-order valence-electron chi connectivity index (χ3n) is 6.17. The smallest absolute Gasteiger partial charge is 0.262 e. The van der Waals surface area contributed by atoms with Gasteiger partial charge in [-0.25, -0.2) is 8.42 Å². The first kappa shape index (κ1) is 23.4. The minimum atomic E-state index is -3.58. The molecule has 0 unspecified atom stereocenters. The van der Waals surface area contributed by atoms with Crippen molar-refractivity contribution in [3.8, 4) is 0 Å². The Morgan fingerprint density at radius 2 is 1.62 bits per heavy atom. The molecule has 0 aliphatic carbocycles. The molecule has 0 spiro atoms. The van der Waals surface area contributed by atoms with Crippen molar-refractivity contribution in [1.29, 1.82) is 0 Å². The first-order valence-electron chi connectivity index (χ1n) is 11.4. The number of hydrogen-bond donors (Lipinski definition) is 1. The lowest BCUT2D eigenvalue weighted by Gasteiger charge is -2.34. The minimum absolute atomic E-state index is 0.149. The number of nitrogens with one attached hydrogen (secondary N) is 1. The largest absolute Gasteiger partial charge is 0.351 e. The van der Waals surface area contributed by atoms with Crippen molar-refractivity contribution in [3.05, 3.63) is 52.2 Å². The molecule has 174 valence electrons. The van der Waals surface area contributed by atoms with Crippen molar-refractivity contribution in [2.75, 3.05) is 52.4 Å². The minimum Gasteiger partial charge on any atom is -0.351 e. The molecule has 32 heavy (non-hydrogen) atoms. The molecule has 0 bridgehead atoms.